The molecular weight excluding hydrogens is 304 g/mol. The van der Waals surface area contributed by atoms with Gasteiger partial charge < -0.3 is 9.73 Å². The first-order chi connectivity index (χ1) is 8.10. The Morgan fingerprint density at radius 1 is 1.41 bits per heavy atom. The second-order valence-electron chi connectivity index (χ2n) is 3.73. The SMILES string of the molecule is CNC(C)c1ncc(-c2cc(Cl)cc(Br)c2)o1. The Morgan fingerprint density at radius 3 is 2.82 bits per heavy atom. The van der Waals surface area contributed by atoms with E-state index in [1.165, 1.54) is 0 Å². The van der Waals surface area contributed by atoms with Gasteiger partial charge in [0, 0.05) is 15.1 Å². The lowest BCUT2D eigenvalue weighted by atomic mass is 10.2. The Bertz CT molecular complexity index is 507. The molecule has 0 amide bonds. The largest absolute Gasteiger partial charge is 0.439 e. The maximum absolute atomic E-state index is 5.99. The summed E-state index contributed by atoms with van der Waals surface area (Å²) in [5, 5.41) is 3.74. The van der Waals surface area contributed by atoms with Crippen LogP contribution in [-0.2, 0) is 0 Å². The van der Waals surface area contributed by atoms with Gasteiger partial charge in [0.05, 0.1) is 12.2 Å². The van der Waals surface area contributed by atoms with Crippen LogP contribution in [0.15, 0.2) is 33.3 Å². The van der Waals surface area contributed by atoms with E-state index in [1.54, 1.807) is 6.20 Å². The van der Waals surface area contributed by atoms with Crippen molar-refractivity contribution in [3.05, 3.63) is 39.8 Å². The molecule has 1 N–H and O–H groups in total. The van der Waals surface area contributed by atoms with Crippen molar-refractivity contribution in [1.29, 1.82) is 0 Å². The fourth-order valence-corrected chi connectivity index (χ4v) is 2.30. The summed E-state index contributed by atoms with van der Waals surface area (Å²) in [5.41, 5.74) is 0.909. The molecule has 0 saturated heterocycles. The second kappa shape index (κ2) is 5.21. The van der Waals surface area contributed by atoms with Crippen molar-refractivity contribution in [2.24, 2.45) is 0 Å². The van der Waals surface area contributed by atoms with E-state index in [0.29, 0.717) is 16.7 Å². The van der Waals surface area contributed by atoms with Gasteiger partial charge in [0.25, 0.3) is 0 Å². The van der Waals surface area contributed by atoms with E-state index in [9.17, 15) is 0 Å². The molecule has 0 spiro atoms. The van der Waals surface area contributed by atoms with Crippen molar-refractivity contribution in [2.45, 2.75) is 13.0 Å². The molecule has 1 aromatic carbocycles. The van der Waals surface area contributed by atoms with Crippen LogP contribution >= 0.6 is 27.5 Å². The molecule has 0 saturated carbocycles. The normalized spacial score (nSPS) is 12.7. The van der Waals surface area contributed by atoms with Crippen molar-refractivity contribution in [2.75, 3.05) is 7.05 Å². The number of oxazole rings is 1. The average molecular weight is 316 g/mol. The standard InChI is InChI=1S/C12H12BrClN2O/c1-7(15-2)12-16-6-11(17-12)8-3-9(13)5-10(14)4-8/h3-7,15H,1-2H3. The first kappa shape index (κ1) is 12.6. The van der Waals surface area contributed by atoms with Crippen LogP contribution in [0, 0.1) is 0 Å². The summed E-state index contributed by atoms with van der Waals surface area (Å²) >= 11 is 9.39. The average Bonchev–Trinajstić information content (AvgIpc) is 2.76. The highest BCUT2D eigenvalue weighted by atomic mass is 79.9. The van der Waals surface area contributed by atoms with E-state index in [1.807, 2.05) is 32.2 Å². The third kappa shape index (κ3) is 2.89. The van der Waals surface area contributed by atoms with E-state index in [2.05, 4.69) is 26.2 Å². The molecule has 0 aliphatic rings. The maximum Gasteiger partial charge on any atom is 0.211 e. The smallest absolute Gasteiger partial charge is 0.211 e. The van der Waals surface area contributed by atoms with Gasteiger partial charge in [-0.2, -0.15) is 0 Å². The summed E-state index contributed by atoms with van der Waals surface area (Å²) in [6.07, 6.45) is 1.71. The molecule has 0 radical (unpaired) electrons. The molecule has 0 bridgehead atoms. The molecule has 0 aliphatic heterocycles. The monoisotopic (exact) mass is 314 g/mol. The topological polar surface area (TPSA) is 38.1 Å². The van der Waals surface area contributed by atoms with Gasteiger partial charge in [-0.25, -0.2) is 4.98 Å². The van der Waals surface area contributed by atoms with Crippen molar-refractivity contribution < 1.29 is 4.42 Å². The van der Waals surface area contributed by atoms with Crippen molar-refractivity contribution in [3.8, 4) is 11.3 Å². The van der Waals surface area contributed by atoms with E-state index >= 15 is 0 Å². The van der Waals surface area contributed by atoms with Gasteiger partial charge in [0.1, 0.15) is 0 Å². The highest BCUT2D eigenvalue weighted by Gasteiger charge is 2.12. The molecule has 0 fully saturated rings. The van der Waals surface area contributed by atoms with Crippen LogP contribution in [0.25, 0.3) is 11.3 Å². The molecule has 5 heteroatoms. The molecule has 17 heavy (non-hydrogen) atoms. The first-order valence-electron chi connectivity index (χ1n) is 5.19. The van der Waals surface area contributed by atoms with E-state index in [-0.39, 0.29) is 6.04 Å². The quantitative estimate of drug-likeness (QED) is 0.929. The molecule has 1 unspecified atom stereocenters. The maximum atomic E-state index is 5.99. The number of aromatic nitrogens is 1. The summed E-state index contributed by atoms with van der Waals surface area (Å²) in [5.74, 6) is 1.38. The zero-order valence-corrected chi connectivity index (χ0v) is 11.8. The Kier molecular flexibility index (Phi) is 3.86. The Morgan fingerprint density at radius 2 is 2.18 bits per heavy atom. The second-order valence-corrected chi connectivity index (χ2v) is 5.08. The molecular formula is C12H12BrClN2O. The Labute approximate surface area is 113 Å². The number of rotatable bonds is 3. The van der Waals surface area contributed by atoms with Crippen LogP contribution in [-0.4, -0.2) is 12.0 Å². The summed E-state index contributed by atoms with van der Waals surface area (Å²) in [4.78, 5) is 4.24. The van der Waals surface area contributed by atoms with Crippen LogP contribution < -0.4 is 5.32 Å². The van der Waals surface area contributed by atoms with Crippen LogP contribution in [0.2, 0.25) is 5.02 Å². The van der Waals surface area contributed by atoms with Gasteiger partial charge in [-0.3, -0.25) is 0 Å². The molecule has 1 atom stereocenters. The fourth-order valence-electron chi connectivity index (χ4n) is 1.44. The molecule has 90 valence electrons. The number of hydrogen-bond donors (Lipinski definition) is 1. The van der Waals surface area contributed by atoms with Crippen molar-refractivity contribution >= 4 is 27.5 Å². The zero-order chi connectivity index (χ0) is 12.4. The number of benzene rings is 1. The lowest BCUT2D eigenvalue weighted by Gasteiger charge is -2.04. The van der Waals surface area contributed by atoms with Crippen LogP contribution in [0.3, 0.4) is 0 Å². The van der Waals surface area contributed by atoms with Gasteiger partial charge in [0.15, 0.2) is 5.76 Å². The summed E-state index contributed by atoms with van der Waals surface area (Å²) in [7, 11) is 1.87. The predicted molar refractivity (Wildman–Crippen MR) is 72.1 cm³/mol. The van der Waals surface area contributed by atoms with Crippen molar-refractivity contribution in [1.82, 2.24) is 10.3 Å². The third-order valence-corrected chi connectivity index (χ3v) is 3.15. The molecule has 0 aliphatic carbocycles. The summed E-state index contributed by atoms with van der Waals surface area (Å²) < 4.78 is 6.60. The third-order valence-electron chi connectivity index (χ3n) is 2.47. The van der Waals surface area contributed by atoms with Gasteiger partial charge >= 0.3 is 0 Å². The highest BCUT2D eigenvalue weighted by molar-refractivity contribution is 9.10. The molecule has 1 heterocycles. The Balaban J connectivity index is 2.36. The molecule has 2 rings (SSSR count). The summed E-state index contributed by atoms with van der Waals surface area (Å²) in [6.45, 7) is 1.99. The number of nitrogens with one attached hydrogen (secondary N) is 1. The lowest BCUT2D eigenvalue weighted by molar-refractivity contribution is 0.441. The number of nitrogens with zero attached hydrogens (tertiary/aromatic N) is 1. The summed E-state index contributed by atoms with van der Waals surface area (Å²) in [6, 6.07) is 5.71. The molecule has 2 aromatic rings. The Hall–Kier alpha value is -0.840. The van der Waals surface area contributed by atoms with Crippen molar-refractivity contribution in [3.63, 3.8) is 0 Å². The zero-order valence-electron chi connectivity index (χ0n) is 9.50. The first-order valence-corrected chi connectivity index (χ1v) is 6.36. The van der Waals surface area contributed by atoms with Gasteiger partial charge in [0.2, 0.25) is 5.89 Å². The van der Waals surface area contributed by atoms with E-state index < -0.39 is 0 Å². The van der Waals surface area contributed by atoms with Gasteiger partial charge in [-0.1, -0.05) is 27.5 Å². The van der Waals surface area contributed by atoms with Gasteiger partial charge in [-0.15, -0.1) is 0 Å². The minimum atomic E-state index is 0.0892. The number of halogens is 2. The lowest BCUT2D eigenvalue weighted by Crippen LogP contribution is -2.12. The van der Waals surface area contributed by atoms with Crippen LogP contribution in [0.1, 0.15) is 18.9 Å². The molecule has 1 aromatic heterocycles. The fraction of sp³-hybridized carbons (Fsp3) is 0.250. The van der Waals surface area contributed by atoms with Gasteiger partial charge in [-0.05, 0) is 32.2 Å². The number of hydrogen-bond acceptors (Lipinski definition) is 3. The van der Waals surface area contributed by atoms with E-state index in [4.69, 9.17) is 16.0 Å². The minimum Gasteiger partial charge on any atom is -0.439 e. The minimum absolute atomic E-state index is 0.0892. The predicted octanol–water partition coefficient (Wildman–Crippen LogP) is 4.04. The molecule has 3 nitrogen and oxygen atoms in total. The highest BCUT2D eigenvalue weighted by Crippen LogP contribution is 2.28. The van der Waals surface area contributed by atoms with Crippen LogP contribution in [0.4, 0.5) is 0 Å². The van der Waals surface area contributed by atoms with E-state index in [0.717, 1.165) is 10.0 Å². The van der Waals surface area contributed by atoms with Crippen LogP contribution in [0.5, 0.6) is 0 Å².